The maximum atomic E-state index is 14.0. The first-order valence-electron chi connectivity index (χ1n) is 14.0. The highest BCUT2D eigenvalue weighted by Gasteiger charge is 2.70. The normalized spacial score (nSPS) is 23.3. The van der Waals surface area contributed by atoms with Gasteiger partial charge in [0.1, 0.15) is 17.7 Å². The van der Waals surface area contributed by atoms with Crippen LogP contribution in [-0.2, 0) is 23.9 Å². The third kappa shape index (κ3) is 8.07. The van der Waals surface area contributed by atoms with Crippen molar-refractivity contribution in [2.24, 2.45) is 28.1 Å². The van der Waals surface area contributed by atoms with Gasteiger partial charge in [-0.15, -0.1) is 6.58 Å². The monoisotopic (exact) mass is 562 g/mol. The molecule has 2 rings (SSSR count). The minimum Gasteiger partial charge on any atom is -0.444 e. The van der Waals surface area contributed by atoms with E-state index in [1.807, 2.05) is 41.5 Å². The highest BCUT2D eigenvalue weighted by Crippen LogP contribution is 2.65. The Bertz CT molecular complexity index is 1030. The fourth-order valence-corrected chi connectivity index (χ4v) is 5.54. The highest BCUT2D eigenvalue weighted by molar-refractivity contribution is 6.38. The van der Waals surface area contributed by atoms with E-state index in [2.05, 4.69) is 36.4 Å². The van der Waals surface area contributed by atoms with Crippen molar-refractivity contribution in [3.8, 4) is 0 Å². The smallest absolute Gasteiger partial charge is 0.408 e. The number of likely N-dealkylation sites (tertiary alicyclic amines) is 1. The number of piperidine rings is 1. The largest absolute Gasteiger partial charge is 0.444 e. The Morgan fingerprint density at radius 1 is 1.00 bits per heavy atom. The first kappa shape index (κ1) is 33.3. The lowest BCUT2D eigenvalue weighted by atomic mass is 9.85. The van der Waals surface area contributed by atoms with Crippen LogP contribution in [0.1, 0.15) is 82.6 Å². The summed E-state index contributed by atoms with van der Waals surface area (Å²) in [4.78, 5) is 67.7. The highest BCUT2D eigenvalue weighted by atomic mass is 16.6. The van der Waals surface area contributed by atoms with E-state index in [0.29, 0.717) is 6.54 Å². The van der Waals surface area contributed by atoms with Crippen LogP contribution in [0.3, 0.4) is 0 Å². The standard InChI is InChI=1S/C30H50N4O6/c1-13-14-31-24(37)21(35)18(15-27(2,3)4)32-23(36)20-19-17(30(19,11)12)16-34(20)25(38)22(28(5,6)7)33-26(39)40-29(8,9)10/h13,17-20,22H,1,14-16H2,2-12H3,(H,31,37)(H,32,36)(H,33,39). The Morgan fingerprint density at radius 3 is 2.05 bits per heavy atom. The van der Waals surface area contributed by atoms with E-state index >= 15 is 0 Å². The number of carbonyl (C=O) groups is 5. The average molecular weight is 563 g/mol. The third-order valence-corrected chi connectivity index (χ3v) is 7.61. The number of nitrogens with one attached hydrogen (secondary N) is 3. The molecule has 1 aliphatic heterocycles. The van der Waals surface area contributed by atoms with Crippen molar-refractivity contribution < 1.29 is 28.7 Å². The van der Waals surface area contributed by atoms with Crippen LogP contribution in [0, 0.1) is 28.1 Å². The minimum absolute atomic E-state index is 0.0991. The van der Waals surface area contributed by atoms with Crippen molar-refractivity contribution in [1.29, 1.82) is 0 Å². The molecule has 5 unspecified atom stereocenters. The van der Waals surface area contributed by atoms with Gasteiger partial charge >= 0.3 is 6.09 Å². The van der Waals surface area contributed by atoms with Gasteiger partial charge in [0.2, 0.25) is 17.6 Å². The molecule has 0 aromatic carbocycles. The molecule has 5 atom stereocenters. The van der Waals surface area contributed by atoms with Gasteiger partial charge in [-0.3, -0.25) is 19.2 Å². The molecule has 0 radical (unpaired) electrons. The molecule has 2 aliphatic rings. The minimum atomic E-state index is -1.06. The number of alkyl carbamates (subject to hydrolysis) is 1. The van der Waals surface area contributed by atoms with E-state index in [0.717, 1.165) is 0 Å². The number of rotatable bonds is 9. The predicted octanol–water partition coefficient (Wildman–Crippen LogP) is 3.20. The van der Waals surface area contributed by atoms with Gasteiger partial charge in [-0.25, -0.2) is 4.79 Å². The van der Waals surface area contributed by atoms with Crippen molar-refractivity contribution in [2.45, 2.75) is 106 Å². The lowest BCUT2D eigenvalue weighted by molar-refractivity contribution is -0.145. The lowest BCUT2D eigenvalue weighted by Crippen LogP contribution is -2.61. The number of nitrogens with zero attached hydrogens (tertiary/aromatic N) is 1. The summed E-state index contributed by atoms with van der Waals surface area (Å²) in [5.74, 6) is -2.42. The van der Waals surface area contributed by atoms with Gasteiger partial charge < -0.3 is 25.6 Å². The van der Waals surface area contributed by atoms with Crippen molar-refractivity contribution in [3.63, 3.8) is 0 Å². The molecule has 3 N–H and O–H groups in total. The molecule has 0 aromatic heterocycles. The van der Waals surface area contributed by atoms with Gasteiger partial charge in [0.25, 0.3) is 5.91 Å². The summed E-state index contributed by atoms with van der Waals surface area (Å²) in [6.07, 6.45) is 0.992. The zero-order chi connectivity index (χ0) is 31.0. The zero-order valence-electron chi connectivity index (χ0n) is 26.2. The van der Waals surface area contributed by atoms with E-state index < -0.39 is 52.8 Å². The predicted molar refractivity (Wildman–Crippen MR) is 153 cm³/mol. The van der Waals surface area contributed by atoms with E-state index in [1.165, 1.54) is 11.0 Å². The summed E-state index contributed by atoms with van der Waals surface area (Å²) in [5.41, 5.74) is -1.96. The van der Waals surface area contributed by atoms with Crippen molar-refractivity contribution in [1.82, 2.24) is 20.9 Å². The SMILES string of the molecule is C=CCNC(=O)C(=O)C(CC(C)(C)C)NC(=O)C1C2C(CN1C(=O)C(NC(=O)OC(C)(C)C)C(C)(C)C)C2(C)C. The van der Waals surface area contributed by atoms with Gasteiger partial charge in [-0.1, -0.05) is 61.5 Å². The number of amides is 4. The summed E-state index contributed by atoms with van der Waals surface area (Å²) in [5, 5.41) is 8.04. The van der Waals surface area contributed by atoms with Crippen LogP contribution in [0.2, 0.25) is 0 Å². The second kappa shape index (κ2) is 11.5. The lowest BCUT2D eigenvalue weighted by Gasteiger charge is -2.38. The molecule has 0 spiro atoms. The van der Waals surface area contributed by atoms with Crippen LogP contribution in [0.25, 0.3) is 0 Å². The van der Waals surface area contributed by atoms with E-state index in [-0.39, 0.29) is 41.5 Å². The summed E-state index contributed by atoms with van der Waals surface area (Å²) in [6, 6.07) is -2.85. The summed E-state index contributed by atoms with van der Waals surface area (Å²) < 4.78 is 5.41. The van der Waals surface area contributed by atoms with E-state index in [9.17, 15) is 24.0 Å². The van der Waals surface area contributed by atoms with Crippen LogP contribution in [-0.4, -0.2) is 71.3 Å². The van der Waals surface area contributed by atoms with Crippen LogP contribution in [0.15, 0.2) is 12.7 Å². The molecule has 1 heterocycles. The van der Waals surface area contributed by atoms with Crippen molar-refractivity contribution >= 4 is 29.6 Å². The molecule has 1 aliphatic carbocycles. The fourth-order valence-electron chi connectivity index (χ4n) is 5.54. The molecule has 1 saturated heterocycles. The summed E-state index contributed by atoms with van der Waals surface area (Å²) in [7, 11) is 0. The molecule has 10 nitrogen and oxygen atoms in total. The molecule has 40 heavy (non-hydrogen) atoms. The van der Waals surface area contributed by atoms with E-state index in [4.69, 9.17) is 4.74 Å². The molecular weight excluding hydrogens is 512 g/mol. The first-order valence-corrected chi connectivity index (χ1v) is 14.0. The van der Waals surface area contributed by atoms with Gasteiger partial charge in [-0.05, 0) is 55.3 Å². The molecular formula is C30H50N4O6. The van der Waals surface area contributed by atoms with Crippen LogP contribution in [0.5, 0.6) is 0 Å². The van der Waals surface area contributed by atoms with Gasteiger partial charge in [0, 0.05) is 13.1 Å². The Balaban J connectivity index is 2.36. The second-order valence-corrected chi connectivity index (χ2v) is 15.0. The zero-order valence-corrected chi connectivity index (χ0v) is 26.2. The number of hydrogen-bond donors (Lipinski definition) is 3. The van der Waals surface area contributed by atoms with Gasteiger partial charge in [0.15, 0.2) is 0 Å². The quantitative estimate of drug-likeness (QED) is 0.292. The Kier molecular flexibility index (Phi) is 9.60. The Hall–Kier alpha value is -2.91. The Labute approximate surface area is 239 Å². The van der Waals surface area contributed by atoms with E-state index in [1.54, 1.807) is 20.8 Å². The molecule has 10 heteroatoms. The maximum Gasteiger partial charge on any atom is 0.408 e. The maximum absolute atomic E-state index is 14.0. The van der Waals surface area contributed by atoms with Crippen molar-refractivity contribution in [2.75, 3.05) is 13.1 Å². The topological polar surface area (TPSA) is 134 Å². The number of ketones is 1. The number of carbonyl (C=O) groups excluding carboxylic acids is 5. The second-order valence-electron chi connectivity index (χ2n) is 15.0. The fraction of sp³-hybridized carbons (Fsp3) is 0.767. The van der Waals surface area contributed by atoms with Crippen molar-refractivity contribution in [3.05, 3.63) is 12.7 Å². The first-order chi connectivity index (χ1) is 18.0. The molecule has 0 bridgehead atoms. The van der Waals surface area contributed by atoms with Crippen LogP contribution in [0.4, 0.5) is 4.79 Å². The average Bonchev–Trinajstić information content (AvgIpc) is 3.11. The van der Waals surface area contributed by atoms with Crippen LogP contribution < -0.4 is 16.0 Å². The number of fused-ring (bicyclic) bond motifs is 1. The number of ether oxygens (including phenoxy) is 1. The van der Waals surface area contributed by atoms with Gasteiger partial charge in [-0.2, -0.15) is 0 Å². The molecule has 4 amide bonds. The third-order valence-electron chi connectivity index (χ3n) is 7.61. The van der Waals surface area contributed by atoms with Crippen LogP contribution >= 0.6 is 0 Å². The molecule has 0 aromatic rings. The Morgan fingerprint density at radius 2 is 1.57 bits per heavy atom. The number of hydrogen-bond acceptors (Lipinski definition) is 6. The molecule has 2 fully saturated rings. The molecule has 1 saturated carbocycles. The summed E-state index contributed by atoms with van der Waals surface area (Å²) >= 11 is 0. The van der Waals surface area contributed by atoms with Gasteiger partial charge in [0.05, 0.1) is 6.04 Å². The summed E-state index contributed by atoms with van der Waals surface area (Å²) in [6.45, 7) is 24.6. The molecule has 226 valence electrons. The number of Topliss-reactive ketones (excluding diaryl/α,β-unsaturated/α-hetero) is 1.